The second kappa shape index (κ2) is 12.3. The number of alkyl halides is 2. The molecule has 0 spiro atoms. The molecule has 10 heteroatoms. The molecular formula is C28H37F3N6O. The molecule has 1 atom stereocenters. The lowest BCUT2D eigenvalue weighted by molar-refractivity contribution is 0.146. The van der Waals surface area contributed by atoms with Gasteiger partial charge in [0, 0.05) is 17.7 Å². The second-order valence-corrected chi connectivity index (χ2v) is 10.2. The first-order valence-electron chi connectivity index (χ1n) is 13.2. The Morgan fingerprint density at radius 3 is 2.50 bits per heavy atom. The molecule has 1 aromatic carbocycles. The van der Waals surface area contributed by atoms with E-state index in [9.17, 15) is 13.2 Å². The van der Waals surface area contributed by atoms with Gasteiger partial charge in [-0.2, -0.15) is 4.98 Å². The lowest BCUT2D eigenvalue weighted by atomic mass is 9.89. The van der Waals surface area contributed by atoms with Crippen molar-refractivity contribution in [3.8, 4) is 5.88 Å². The second-order valence-electron chi connectivity index (χ2n) is 10.2. The molecule has 4 rings (SSSR count). The summed E-state index contributed by atoms with van der Waals surface area (Å²) in [5.41, 5.74) is 1.03. The van der Waals surface area contributed by atoms with E-state index < -0.39 is 23.8 Å². The third-order valence-electron chi connectivity index (χ3n) is 7.16. The zero-order valence-electron chi connectivity index (χ0n) is 22.8. The molecule has 0 amide bonds. The summed E-state index contributed by atoms with van der Waals surface area (Å²) in [6, 6.07) is 5.50. The maximum atomic E-state index is 14.9. The number of piperidine rings is 1. The van der Waals surface area contributed by atoms with E-state index in [1.807, 2.05) is 20.2 Å². The number of halogens is 3. The van der Waals surface area contributed by atoms with E-state index in [0.29, 0.717) is 35.2 Å². The normalized spacial score (nSPS) is 15.9. The van der Waals surface area contributed by atoms with Crippen molar-refractivity contribution >= 4 is 16.9 Å². The van der Waals surface area contributed by atoms with Gasteiger partial charge < -0.3 is 19.9 Å². The fourth-order valence-electron chi connectivity index (χ4n) is 4.92. The summed E-state index contributed by atoms with van der Waals surface area (Å²) in [7, 11) is 3.99. The Morgan fingerprint density at radius 1 is 1.13 bits per heavy atom. The summed E-state index contributed by atoms with van der Waals surface area (Å²) < 4.78 is 47.6. The predicted octanol–water partition coefficient (Wildman–Crippen LogP) is 5.72. The van der Waals surface area contributed by atoms with Crippen molar-refractivity contribution in [2.75, 3.05) is 52.2 Å². The van der Waals surface area contributed by atoms with Crippen molar-refractivity contribution in [2.24, 2.45) is 0 Å². The molecule has 0 radical (unpaired) electrons. The van der Waals surface area contributed by atoms with Gasteiger partial charge in [-0.3, -0.25) is 0 Å². The number of likely N-dealkylation sites (tertiary alicyclic amines) is 1. The van der Waals surface area contributed by atoms with E-state index >= 15 is 0 Å². The molecular weight excluding hydrogens is 493 g/mol. The number of nitrogens with one attached hydrogen (secondary N) is 1. The molecule has 206 valence electrons. The Morgan fingerprint density at radius 2 is 1.84 bits per heavy atom. The smallest absolute Gasteiger partial charge is 0.266 e. The van der Waals surface area contributed by atoms with Crippen LogP contribution in [0.5, 0.6) is 5.88 Å². The van der Waals surface area contributed by atoms with Gasteiger partial charge in [0.1, 0.15) is 24.1 Å². The third-order valence-corrected chi connectivity index (χ3v) is 7.16. The molecule has 3 heterocycles. The Hall–Kier alpha value is -2.98. The Bertz CT molecular complexity index is 1250. The molecule has 1 fully saturated rings. The average molecular weight is 531 g/mol. The molecule has 0 unspecified atom stereocenters. The van der Waals surface area contributed by atoms with Gasteiger partial charge >= 0.3 is 0 Å². The molecule has 38 heavy (non-hydrogen) atoms. The fourth-order valence-corrected chi connectivity index (χ4v) is 4.92. The maximum absolute atomic E-state index is 14.9. The van der Waals surface area contributed by atoms with Gasteiger partial charge in [0.15, 0.2) is 5.65 Å². The van der Waals surface area contributed by atoms with E-state index in [0.717, 1.165) is 50.7 Å². The first-order valence-corrected chi connectivity index (χ1v) is 13.2. The summed E-state index contributed by atoms with van der Waals surface area (Å²) in [6.45, 7) is 9.94. The number of fused-ring (bicyclic) bond motifs is 1. The summed E-state index contributed by atoms with van der Waals surface area (Å²) in [6.07, 6.45) is -0.911. The van der Waals surface area contributed by atoms with Gasteiger partial charge in [0.2, 0.25) is 5.88 Å². The van der Waals surface area contributed by atoms with Crippen molar-refractivity contribution < 1.29 is 17.9 Å². The predicted molar refractivity (Wildman–Crippen MR) is 144 cm³/mol. The van der Waals surface area contributed by atoms with E-state index in [1.54, 1.807) is 13.8 Å². The van der Waals surface area contributed by atoms with E-state index in [4.69, 9.17) is 9.72 Å². The number of benzene rings is 1. The number of aryl methyl sites for hydroxylation is 1. The zero-order valence-corrected chi connectivity index (χ0v) is 22.8. The Balaban J connectivity index is 1.72. The van der Waals surface area contributed by atoms with Crippen LogP contribution in [0.15, 0.2) is 24.3 Å². The molecule has 1 aliphatic rings. The van der Waals surface area contributed by atoms with E-state index in [2.05, 4.69) is 32.0 Å². The van der Waals surface area contributed by atoms with E-state index in [-0.39, 0.29) is 11.5 Å². The summed E-state index contributed by atoms with van der Waals surface area (Å²) >= 11 is 0. The Labute approximate surface area is 222 Å². The molecule has 1 aliphatic heterocycles. The van der Waals surface area contributed by atoms with Crippen molar-refractivity contribution in [1.29, 1.82) is 0 Å². The van der Waals surface area contributed by atoms with E-state index in [1.165, 1.54) is 12.1 Å². The molecule has 1 saturated heterocycles. The number of likely N-dealkylation sites (N-methyl/N-ethyl adjacent to an activating group) is 1. The average Bonchev–Trinajstić information content (AvgIpc) is 2.88. The minimum atomic E-state index is -2.89. The monoisotopic (exact) mass is 530 g/mol. The number of hydrogen-bond donors (Lipinski definition) is 1. The number of anilines is 1. The first-order chi connectivity index (χ1) is 18.2. The minimum Gasteiger partial charge on any atom is -0.476 e. The standard InChI is InChI=1S/C28H37F3N6O/c1-6-37-12-10-19(11-13-37)22-16-23-26(32-17(2)20-8-7-9-21(24(20)29)25(30)31)33-18(3)34-27(23)35-28(22)38-15-14-36(4)5/h7-9,16-17,19,25H,6,10-15H2,1-5H3,(H,32,33,34,35)/t17-/m1/s1. The van der Waals surface area contributed by atoms with Crippen molar-refractivity contribution in [1.82, 2.24) is 24.8 Å². The zero-order chi connectivity index (χ0) is 27.4. The largest absolute Gasteiger partial charge is 0.476 e. The first kappa shape index (κ1) is 28.0. The molecule has 0 aliphatic carbocycles. The number of hydrogen-bond acceptors (Lipinski definition) is 7. The molecule has 1 N–H and O–H groups in total. The molecule has 3 aromatic rings. The van der Waals surface area contributed by atoms with Crippen molar-refractivity contribution in [3.05, 3.63) is 52.6 Å². The van der Waals surface area contributed by atoms with Crippen LogP contribution in [0.3, 0.4) is 0 Å². The number of aromatic nitrogens is 3. The third kappa shape index (κ3) is 6.35. The molecule has 7 nitrogen and oxygen atoms in total. The highest BCUT2D eigenvalue weighted by Crippen LogP contribution is 2.37. The minimum absolute atomic E-state index is 0.149. The highest BCUT2D eigenvalue weighted by molar-refractivity contribution is 5.88. The van der Waals surface area contributed by atoms with Gasteiger partial charge in [0.25, 0.3) is 6.43 Å². The van der Waals surface area contributed by atoms with Gasteiger partial charge in [-0.25, -0.2) is 23.1 Å². The summed E-state index contributed by atoms with van der Waals surface area (Å²) in [5, 5.41) is 3.94. The molecule has 0 saturated carbocycles. The Kier molecular flexibility index (Phi) is 9.04. The van der Waals surface area contributed by atoms with Gasteiger partial charge in [-0.05, 0) is 72.4 Å². The summed E-state index contributed by atoms with van der Waals surface area (Å²) in [5.74, 6) is 0.930. The number of pyridine rings is 1. The van der Waals surface area contributed by atoms with Gasteiger partial charge in [-0.1, -0.05) is 25.1 Å². The van der Waals surface area contributed by atoms with Crippen LogP contribution in [0.1, 0.15) is 67.6 Å². The molecule has 0 bridgehead atoms. The number of ether oxygens (including phenoxy) is 1. The number of nitrogens with zero attached hydrogens (tertiary/aromatic N) is 5. The maximum Gasteiger partial charge on any atom is 0.266 e. The van der Waals surface area contributed by atoms with Crippen LogP contribution < -0.4 is 10.1 Å². The molecule has 2 aromatic heterocycles. The van der Waals surface area contributed by atoms with Crippen LogP contribution in [-0.4, -0.2) is 71.6 Å². The highest BCUT2D eigenvalue weighted by atomic mass is 19.3. The van der Waals surface area contributed by atoms with Crippen molar-refractivity contribution in [3.63, 3.8) is 0 Å². The van der Waals surface area contributed by atoms with Crippen LogP contribution in [0.25, 0.3) is 11.0 Å². The van der Waals surface area contributed by atoms with Crippen LogP contribution in [0, 0.1) is 12.7 Å². The fraction of sp³-hybridized carbons (Fsp3) is 0.536. The van der Waals surface area contributed by atoms with Crippen molar-refractivity contribution in [2.45, 2.75) is 52.0 Å². The SMILES string of the molecule is CCN1CCC(c2cc3c(N[C@H](C)c4cccc(C(F)F)c4F)nc(C)nc3nc2OCCN(C)C)CC1. The lowest BCUT2D eigenvalue weighted by Gasteiger charge is -2.32. The number of rotatable bonds is 10. The highest BCUT2D eigenvalue weighted by Gasteiger charge is 2.26. The quantitative estimate of drug-likeness (QED) is 0.360. The van der Waals surface area contributed by atoms with Gasteiger partial charge in [-0.15, -0.1) is 0 Å². The topological polar surface area (TPSA) is 66.4 Å². The van der Waals surface area contributed by atoms with Crippen LogP contribution in [0.4, 0.5) is 19.0 Å². The van der Waals surface area contributed by atoms with Gasteiger partial charge in [0.05, 0.1) is 17.0 Å². The van der Waals surface area contributed by atoms with Crippen LogP contribution in [0.2, 0.25) is 0 Å². The van der Waals surface area contributed by atoms with Crippen LogP contribution in [-0.2, 0) is 0 Å². The van der Waals surface area contributed by atoms with Crippen LogP contribution >= 0.6 is 0 Å². The lowest BCUT2D eigenvalue weighted by Crippen LogP contribution is -2.32. The summed E-state index contributed by atoms with van der Waals surface area (Å²) in [4.78, 5) is 18.5.